The first-order chi connectivity index (χ1) is 16.4. The van der Waals surface area contributed by atoms with E-state index in [1.165, 1.54) is 13.3 Å². The van der Waals surface area contributed by atoms with Crippen molar-refractivity contribution in [3.63, 3.8) is 0 Å². The molecule has 2 amide bonds. The van der Waals surface area contributed by atoms with Crippen molar-refractivity contribution in [1.29, 1.82) is 0 Å². The number of anilines is 1. The standard InChI is InChI=1S/C24H24N4O5S/c1-33-23(29)20-4-7-21(26-16-20)17-28(24(30)27-11-13-34(31,32)14-12-27)22-8-5-18(6-9-22)19-3-2-10-25-15-19/h2-10,15-16H,11-14,17H2,1H3. The normalized spacial score (nSPS) is 14.9. The molecule has 3 aromatic rings. The van der Waals surface area contributed by atoms with Gasteiger partial charge in [0.1, 0.15) is 0 Å². The molecule has 34 heavy (non-hydrogen) atoms. The van der Waals surface area contributed by atoms with Gasteiger partial charge in [-0.05, 0) is 41.5 Å². The van der Waals surface area contributed by atoms with Gasteiger partial charge >= 0.3 is 12.0 Å². The van der Waals surface area contributed by atoms with Crippen LogP contribution in [0, 0.1) is 0 Å². The maximum Gasteiger partial charge on any atom is 0.339 e. The van der Waals surface area contributed by atoms with Crippen LogP contribution in [-0.4, -0.2) is 67.0 Å². The first kappa shape index (κ1) is 23.4. The number of sulfone groups is 1. The van der Waals surface area contributed by atoms with Gasteiger partial charge in [-0.2, -0.15) is 0 Å². The Hall–Kier alpha value is -3.79. The summed E-state index contributed by atoms with van der Waals surface area (Å²) < 4.78 is 28.4. The summed E-state index contributed by atoms with van der Waals surface area (Å²) in [6.07, 6.45) is 4.87. The number of amides is 2. The Bertz CT molecular complexity index is 1250. The molecule has 3 heterocycles. The van der Waals surface area contributed by atoms with Crippen molar-refractivity contribution in [1.82, 2.24) is 14.9 Å². The molecule has 0 aliphatic carbocycles. The summed E-state index contributed by atoms with van der Waals surface area (Å²) in [6, 6.07) is 14.2. The van der Waals surface area contributed by atoms with E-state index in [2.05, 4.69) is 9.97 Å². The van der Waals surface area contributed by atoms with Gasteiger partial charge in [-0.1, -0.05) is 18.2 Å². The lowest BCUT2D eigenvalue weighted by atomic mass is 10.1. The van der Waals surface area contributed by atoms with Crippen LogP contribution in [-0.2, 0) is 21.1 Å². The van der Waals surface area contributed by atoms with Crippen molar-refractivity contribution in [2.75, 3.05) is 36.6 Å². The third-order valence-electron chi connectivity index (χ3n) is 5.59. The predicted molar refractivity (Wildman–Crippen MR) is 127 cm³/mol. The lowest BCUT2D eigenvalue weighted by molar-refractivity contribution is 0.0600. The van der Waals surface area contributed by atoms with Crippen molar-refractivity contribution in [2.24, 2.45) is 0 Å². The van der Waals surface area contributed by atoms with E-state index >= 15 is 0 Å². The third kappa shape index (κ3) is 5.40. The number of esters is 1. The number of ether oxygens (including phenoxy) is 1. The van der Waals surface area contributed by atoms with Crippen LogP contribution >= 0.6 is 0 Å². The van der Waals surface area contributed by atoms with E-state index in [0.29, 0.717) is 16.9 Å². The molecule has 10 heteroatoms. The van der Waals surface area contributed by atoms with Crippen LogP contribution in [0.1, 0.15) is 16.1 Å². The Morgan fingerprint density at radius 3 is 2.32 bits per heavy atom. The highest BCUT2D eigenvalue weighted by Gasteiger charge is 2.29. The van der Waals surface area contributed by atoms with Gasteiger partial charge in [-0.15, -0.1) is 0 Å². The van der Waals surface area contributed by atoms with E-state index in [1.807, 2.05) is 36.4 Å². The quantitative estimate of drug-likeness (QED) is 0.517. The van der Waals surface area contributed by atoms with Gasteiger partial charge in [0.05, 0.1) is 36.4 Å². The van der Waals surface area contributed by atoms with E-state index < -0.39 is 15.8 Å². The number of nitrogens with zero attached hydrogens (tertiary/aromatic N) is 4. The number of aromatic nitrogens is 2. The summed E-state index contributed by atoms with van der Waals surface area (Å²) in [5.74, 6) is -0.607. The fourth-order valence-electron chi connectivity index (χ4n) is 3.63. The van der Waals surface area contributed by atoms with Crippen molar-refractivity contribution >= 4 is 27.5 Å². The van der Waals surface area contributed by atoms with E-state index in [1.54, 1.807) is 34.3 Å². The van der Waals surface area contributed by atoms with Crippen molar-refractivity contribution in [2.45, 2.75) is 6.54 Å². The second-order valence-corrected chi connectivity index (χ2v) is 10.1. The van der Waals surface area contributed by atoms with Gasteiger partial charge in [0.15, 0.2) is 9.84 Å². The van der Waals surface area contributed by atoms with Gasteiger partial charge in [0.25, 0.3) is 0 Å². The minimum Gasteiger partial charge on any atom is -0.465 e. The number of carbonyl (C=O) groups is 2. The highest BCUT2D eigenvalue weighted by molar-refractivity contribution is 7.91. The molecule has 2 aromatic heterocycles. The molecule has 0 saturated carbocycles. The molecule has 1 aliphatic heterocycles. The molecule has 9 nitrogen and oxygen atoms in total. The van der Waals surface area contributed by atoms with Crippen molar-refractivity contribution in [3.05, 3.63) is 78.4 Å². The largest absolute Gasteiger partial charge is 0.465 e. The maximum absolute atomic E-state index is 13.4. The van der Waals surface area contributed by atoms with Crippen LogP contribution < -0.4 is 4.90 Å². The van der Waals surface area contributed by atoms with Gasteiger partial charge in [-0.25, -0.2) is 18.0 Å². The van der Waals surface area contributed by atoms with Gasteiger partial charge in [-0.3, -0.25) is 14.9 Å². The summed E-state index contributed by atoms with van der Waals surface area (Å²) in [7, 11) is -1.83. The fraction of sp³-hybridized carbons (Fsp3) is 0.250. The molecule has 0 N–H and O–H groups in total. The average molecular weight is 481 g/mol. The molecular formula is C24H24N4O5S. The zero-order valence-corrected chi connectivity index (χ0v) is 19.4. The van der Waals surface area contributed by atoms with E-state index in [0.717, 1.165) is 11.1 Å². The first-order valence-corrected chi connectivity index (χ1v) is 12.5. The van der Waals surface area contributed by atoms with Gasteiger partial charge < -0.3 is 9.64 Å². The van der Waals surface area contributed by atoms with Crippen LogP contribution in [0.25, 0.3) is 11.1 Å². The molecule has 176 valence electrons. The summed E-state index contributed by atoms with van der Waals surface area (Å²) in [4.78, 5) is 36.7. The molecule has 1 fully saturated rings. The van der Waals surface area contributed by atoms with Crippen LogP contribution in [0.4, 0.5) is 10.5 Å². The van der Waals surface area contributed by atoms with Crippen LogP contribution in [0.2, 0.25) is 0 Å². The number of hydrogen-bond acceptors (Lipinski definition) is 7. The molecule has 0 unspecified atom stereocenters. The SMILES string of the molecule is COC(=O)c1ccc(CN(C(=O)N2CCS(=O)(=O)CC2)c2ccc(-c3cccnc3)cc2)nc1. The Morgan fingerprint density at radius 1 is 1.00 bits per heavy atom. The summed E-state index contributed by atoms with van der Waals surface area (Å²) in [6.45, 7) is 0.427. The van der Waals surface area contributed by atoms with E-state index in [-0.39, 0.29) is 37.2 Å². The number of pyridine rings is 2. The molecule has 0 spiro atoms. The molecular weight excluding hydrogens is 456 g/mol. The molecule has 1 saturated heterocycles. The number of carbonyl (C=O) groups excluding carboxylic acids is 2. The number of methoxy groups -OCH3 is 1. The molecule has 1 aromatic carbocycles. The third-order valence-corrected chi connectivity index (χ3v) is 7.19. The lowest BCUT2D eigenvalue weighted by Crippen LogP contribution is -2.49. The molecule has 4 rings (SSSR count). The Labute approximate surface area is 197 Å². The lowest BCUT2D eigenvalue weighted by Gasteiger charge is -2.33. The van der Waals surface area contributed by atoms with Gasteiger partial charge in [0, 0.05) is 37.4 Å². The average Bonchev–Trinajstić information content (AvgIpc) is 2.87. The molecule has 0 radical (unpaired) electrons. The van der Waals surface area contributed by atoms with Crippen LogP contribution in [0.3, 0.4) is 0 Å². The van der Waals surface area contributed by atoms with E-state index in [9.17, 15) is 18.0 Å². The minimum absolute atomic E-state index is 0.0569. The topological polar surface area (TPSA) is 110 Å². The molecule has 0 atom stereocenters. The Balaban J connectivity index is 1.61. The smallest absolute Gasteiger partial charge is 0.339 e. The van der Waals surface area contributed by atoms with Crippen LogP contribution in [0.5, 0.6) is 0 Å². The maximum atomic E-state index is 13.4. The van der Waals surface area contributed by atoms with E-state index in [4.69, 9.17) is 4.74 Å². The van der Waals surface area contributed by atoms with Crippen molar-refractivity contribution in [3.8, 4) is 11.1 Å². The predicted octanol–water partition coefficient (Wildman–Crippen LogP) is 2.79. The molecule has 1 aliphatic rings. The monoisotopic (exact) mass is 480 g/mol. The van der Waals surface area contributed by atoms with Gasteiger partial charge in [0.2, 0.25) is 0 Å². The van der Waals surface area contributed by atoms with Crippen LogP contribution in [0.15, 0.2) is 67.1 Å². The highest BCUT2D eigenvalue weighted by Crippen LogP contribution is 2.25. The number of rotatable bonds is 5. The zero-order valence-electron chi connectivity index (χ0n) is 18.6. The second-order valence-electron chi connectivity index (χ2n) is 7.83. The zero-order chi connectivity index (χ0) is 24.1. The second kappa shape index (κ2) is 10.0. The first-order valence-electron chi connectivity index (χ1n) is 10.7. The minimum atomic E-state index is -3.12. The number of benzene rings is 1. The Morgan fingerprint density at radius 2 is 1.74 bits per heavy atom. The number of hydrogen-bond donors (Lipinski definition) is 0. The summed E-state index contributed by atoms with van der Waals surface area (Å²) in [5, 5.41) is 0. The van der Waals surface area contributed by atoms with Crippen molar-refractivity contribution < 1.29 is 22.7 Å². The summed E-state index contributed by atoms with van der Waals surface area (Å²) >= 11 is 0. The Kier molecular flexibility index (Phi) is 6.87. The fourth-order valence-corrected chi connectivity index (χ4v) is 4.83. The summed E-state index contributed by atoms with van der Waals surface area (Å²) in [5.41, 5.74) is 3.43. The molecule has 0 bridgehead atoms. The number of urea groups is 1. The highest BCUT2D eigenvalue weighted by atomic mass is 32.2.